The molecule has 1 aliphatic heterocycles. The monoisotopic (exact) mass is 758 g/mol. The molecule has 0 aromatic heterocycles. The highest BCUT2D eigenvalue weighted by Gasteiger charge is 2.46. The Hall–Kier alpha value is -1.84. The molecule has 11 nitrogen and oxygen atoms in total. The third-order valence-corrected chi connectivity index (χ3v) is 10.7. The van der Waals surface area contributed by atoms with Crippen LogP contribution in [0.3, 0.4) is 0 Å². The van der Waals surface area contributed by atoms with Crippen molar-refractivity contribution in [1.29, 1.82) is 0 Å². The number of unbranched alkanes of at least 4 members (excludes halogenated alkanes) is 3. The molecule has 53 heavy (non-hydrogen) atoms. The molecular formula is C41H75N9O2S. The van der Waals surface area contributed by atoms with Crippen molar-refractivity contribution >= 4 is 29.3 Å². The minimum Gasteiger partial charge on any atom is -0.369 e. The Balaban J connectivity index is 2.01. The number of carbonyl (C=O) groups excluding carboxylic acids is 1. The van der Waals surface area contributed by atoms with Gasteiger partial charge in [-0.15, -0.1) is 0 Å². The molecule has 302 valence electrons. The third-order valence-electron chi connectivity index (χ3n) is 10.2. The average Bonchev–Trinajstić information content (AvgIpc) is 3.14. The van der Waals surface area contributed by atoms with Crippen LogP contribution in [0.15, 0.2) is 42.5 Å². The summed E-state index contributed by atoms with van der Waals surface area (Å²) in [5, 5.41) is 31.7. The van der Waals surface area contributed by atoms with E-state index >= 15 is 0 Å². The van der Waals surface area contributed by atoms with E-state index in [4.69, 9.17) is 23.1 Å². The number of amides is 1. The summed E-state index contributed by atoms with van der Waals surface area (Å²) in [5.74, 6) is -0.737. The minimum absolute atomic E-state index is 0.00458. The predicted octanol–water partition coefficient (Wildman–Crippen LogP) is 3.45. The smallest absolute Gasteiger partial charge is 0.222 e. The molecule has 0 aliphatic carbocycles. The molecule has 1 heterocycles. The highest BCUT2D eigenvalue weighted by Crippen LogP contribution is 2.28. The van der Waals surface area contributed by atoms with Gasteiger partial charge in [-0.2, -0.15) is 12.6 Å². The summed E-state index contributed by atoms with van der Waals surface area (Å²) in [7, 11) is 0. The number of benzene rings is 2. The first-order valence-corrected chi connectivity index (χ1v) is 21.2. The molecule has 12 heteroatoms. The van der Waals surface area contributed by atoms with Gasteiger partial charge in [0.15, 0.2) is 5.72 Å². The van der Waals surface area contributed by atoms with Crippen LogP contribution in [0.1, 0.15) is 84.6 Å². The lowest BCUT2D eigenvalue weighted by molar-refractivity contribution is -0.126. The van der Waals surface area contributed by atoms with Crippen molar-refractivity contribution in [2.75, 3.05) is 72.2 Å². The van der Waals surface area contributed by atoms with E-state index < -0.39 is 17.0 Å². The zero-order valence-corrected chi connectivity index (χ0v) is 34.3. The van der Waals surface area contributed by atoms with E-state index in [0.29, 0.717) is 19.7 Å². The quantitative estimate of drug-likeness (QED) is 0.103. The first kappa shape index (κ1) is 45.5. The summed E-state index contributed by atoms with van der Waals surface area (Å²) in [4.78, 5) is 12.7. The molecule has 5 atom stereocenters. The fourth-order valence-electron chi connectivity index (χ4n) is 7.30. The maximum absolute atomic E-state index is 12.7. The van der Waals surface area contributed by atoms with E-state index in [2.05, 4.69) is 113 Å². The predicted molar refractivity (Wildman–Crippen MR) is 227 cm³/mol. The van der Waals surface area contributed by atoms with Crippen LogP contribution in [0.25, 0.3) is 10.8 Å². The summed E-state index contributed by atoms with van der Waals surface area (Å²) in [5.41, 5.74) is 6.42. The lowest BCUT2D eigenvalue weighted by Crippen LogP contribution is -2.73. The van der Waals surface area contributed by atoms with Crippen molar-refractivity contribution in [2.24, 2.45) is 11.7 Å². The van der Waals surface area contributed by atoms with Crippen molar-refractivity contribution in [2.45, 2.75) is 115 Å². The Bertz CT molecular complexity index is 1260. The minimum atomic E-state index is -0.797. The van der Waals surface area contributed by atoms with Crippen LogP contribution < -0.4 is 48.3 Å². The Morgan fingerprint density at radius 2 is 1.53 bits per heavy atom. The van der Waals surface area contributed by atoms with Crippen molar-refractivity contribution in [3.05, 3.63) is 48.0 Å². The van der Waals surface area contributed by atoms with Crippen LogP contribution in [0.5, 0.6) is 0 Å². The maximum Gasteiger partial charge on any atom is 0.222 e. The molecule has 3 rings (SSSR count). The topological polar surface area (TPSA) is 149 Å². The SMILES string of the molecule is CCCCCCOC1(C(CCC)NC(C)C)NCNC(S)C(C(N)=O)CCCNCCNCCNCCNCCNC1Cc1ccc2ccccc2c1. The van der Waals surface area contributed by atoms with Crippen LogP contribution in [0, 0.1) is 5.92 Å². The van der Waals surface area contributed by atoms with Crippen LogP contribution in [-0.4, -0.2) is 107 Å². The van der Waals surface area contributed by atoms with Crippen LogP contribution in [-0.2, 0) is 16.0 Å². The normalized spacial score (nSPS) is 24.9. The van der Waals surface area contributed by atoms with E-state index in [1.54, 1.807) is 0 Å². The molecule has 0 radical (unpaired) electrons. The van der Waals surface area contributed by atoms with Gasteiger partial charge in [0.25, 0.3) is 0 Å². The average molecular weight is 758 g/mol. The number of nitrogens with one attached hydrogen (secondary N) is 8. The third kappa shape index (κ3) is 16.8. The summed E-state index contributed by atoms with van der Waals surface area (Å²) in [6.07, 6.45) is 8.68. The zero-order valence-electron chi connectivity index (χ0n) is 33.4. The molecule has 10 N–H and O–H groups in total. The fourth-order valence-corrected chi connectivity index (χ4v) is 7.69. The van der Waals surface area contributed by atoms with Gasteiger partial charge in [-0.1, -0.05) is 95.8 Å². The molecule has 1 saturated heterocycles. The lowest BCUT2D eigenvalue weighted by atomic mass is 9.86. The first-order chi connectivity index (χ1) is 25.8. The summed E-state index contributed by atoms with van der Waals surface area (Å²) in [6, 6.07) is 15.5. The van der Waals surface area contributed by atoms with E-state index in [1.165, 1.54) is 29.2 Å². The van der Waals surface area contributed by atoms with Gasteiger partial charge in [0.2, 0.25) is 5.91 Å². The van der Waals surface area contributed by atoms with Crippen LogP contribution in [0.2, 0.25) is 0 Å². The highest BCUT2D eigenvalue weighted by atomic mass is 32.1. The lowest BCUT2D eigenvalue weighted by Gasteiger charge is -2.48. The van der Waals surface area contributed by atoms with E-state index in [1.807, 2.05) is 0 Å². The second kappa shape index (κ2) is 26.9. The molecule has 1 aliphatic rings. The Morgan fingerprint density at radius 1 is 0.868 bits per heavy atom. The summed E-state index contributed by atoms with van der Waals surface area (Å²) < 4.78 is 7.29. The van der Waals surface area contributed by atoms with Crippen molar-refractivity contribution in [3.8, 4) is 0 Å². The largest absolute Gasteiger partial charge is 0.369 e. The molecule has 1 amide bonds. The van der Waals surface area contributed by atoms with Gasteiger partial charge >= 0.3 is 0 Å². The van der Waals surface area contributed by atoms with Gasteiger partial charge in [-0.25, -0.2) is 0 Å². The van der Waals surface area contributed by atoms with E-state index in [9.17, 15) is 4.79 Å². The molecule has 2 aromatic carbocycles. The molecule has 0 saturated carbocycles. The maximum atomic E-state index is 12.7. The van der Waals surface area contributed by atoms with E-state index in [-0.39, 0.29) is 24.0 Å². The Labute approximate surface area is 327 Å². The number of nitrogens with two attached hydrogens (primary N) is 1. The molecule has 5 unspecified atom stereocenters. The van der Waals surface area contributed by atoms with Gasteiger partial charge in [-0.3, -0.25) is 15.4 Å². The van der Waals surface area contributed by atoms with Crippen molar-refractivity contribution in [1.82, 2.24) is 42.5 Å². The highest BCUT2D eigenvalue weighted by molar-refractivity contribution is 7.80. The van der Waals surface area contributed by atoms with Crippen LogP contribution in [0.4, 0.5) is 0 Å². The van der Waals surface area contributed by atoms with Crippen molar-refractivity contribution in [3.63, 3.8) is 0 Å². The van der Waals surface area contributed by atoms with Gasteiger partial charge < -0.3 is 42.4 Å². The standard InChI is InChI=1S/C41H75N9O2S/c1-5-7-8-11-28-52-41(37(13-6-2)50-32(3)4)38(30-33-17-18-34-14-9-10-15-35(34)29-33)47-27-26-46-25-24-45-23-22-44-21-20-43-19-12-16-36(39(42)51)40(53)48-31-49-41/h9-10,14-15,17-18,29,32,36-38,40,43-50,53H,5-8,11-13,16,19-28,30-31H2,1-4H3,(H2,42,51). The second-order valence-electron chi connectivity index (χ2n) is 14.9. The van der Waals surface area contributed by atoms with E-state index in [0.717, 1.165) is 97.4 Å². The molecule has 0 spiro atoms. The summed E-state index contributed by atoms with van der Waals surface area (Å²) >= 11 is 4.92. The fraction of sp³-hybridized carbons (Fsp3) is 0.732. The van der Waals surface area contributed by atoms with Crippen molar-refractivity contribution < 1.29 is 9.53 Å². The number of carbonyl (C=O) groups is 1. The Kier molecular flexibility index (Phi) is 23.1. The van der Waals surface area contributed by atoms with Gasteiger partial charge in [0.05, 0.1) is 23.4 Å². The second-order valence-corrected chi connectivity index (χ2v) is 15.5. The first-order valence-electron chi connectivity index (χ1n) is 20.7. The number of ether oxygens (including phenoxy) is 1. The number of primary amides is 1. The molecule has 1 fully saturated rings. The number of rotatable bonds is 14. The number of thiol groups is 1. The van der Waals surface area contributed by atoms with Gasteiger partial charge in [0.1, 0.15) is 0 Å². The Morgan fingerprint density at radius 3 is 2.17 bits per heavy atom. The summed E-state index contributed by atoms with van der Waals surface area (Å²) in [6.45, 7) is 17.8. The molecule has 0 bridgehead atoms. The molecule has 2 aromatic rings. The number of hydrogen-bond acceptors (Lipinski definition) is 11. The number of fused-ring (bicyclic) bond motifs is 1. The van der Waals surface area contributed by atoms with Gasteiger partial charge in [-0.05, 0) is 55.0 Å². The zero-order chi connectivity index (χ0) is 38.2. The molecular weight excluding hydrogens is 683 g/mol. The van der Waals surface area contributed by atoms with Gasteiger partial charge in [0, 0.05) is 71.7 Å². The van der Waals surface area contributed by atoms with Crippen LogP contribution >= 0.6 is 12.6 Å². The number of hydrogen-bond donors (Lipinski definition) is 10.